The number of hydrogen-bond donors (Lipinski definition) is 2. The quantitative estimate of drug-likeness (QED) is 0.296. The van der Waals surface area contributed by atoms with Crippen molar-refractivity contribution < 1.29 is 9.59 Å². The van der Waals surface area contributed by atoms with Crippen LogP contribution in [-0.2, 0) is 11.3 Å². The minimum atomic E-state index is -0.465. The molecule has 4 nitrogen and oxygen atoms in total. The number of carbonyl (C=O) groups excluding carboxylic acids is 2. The van der Waals surface area contributed by atoms with Crippen molar-refractivity contribution in [2.45, 2.75) is 23.6 Å². The number of carbonyl (C=O) groups is 2. The molecular weight excluding hydrogens is 440 g/mol. The van der Waals surface area contributed by atoms with E-state index < -0.39 is 5.25 Å². The van der Waals surface area contributed by atoms with E-state index in [1.165, 1.54) is 17.3 Å². The fourth-order valence-corrected chi connectivity index (χ4v) is 4.55. The van der Waals surface area contributed by atoms with Gasteiger partial charge in [0.2, 0.25) is 5.91 Å². The molecule has 1 atom stereocenters. The molecule has 2 amide bonds. The van der Waals surface area contributed by atoms with E-state index in [2.05, 4.69) is 10.6 Å². The first-order valence-corrected chi connectivity index (χ1v) is 12.0. The third-order valence-corrected chi connectivity index (χ3v) is 6.61. The molecule has 2 N–H and O–H groups in total. The first-order valence-electron chi connectivity index (χ1n) is 11.1. The average molecular weight is 467 g/mol. The maximum atomic E-state index is 13.4. The summed E-state index contributed by atoms with van der Waals surface area (Å²) in [7, 11) is 0. The number of thioether (sulfide) groups is 1. The van der Waals surface area contributed by atoms with E-state index in [4.69, 9.17) is 0 Å². The molecule has 0 aliphatic heterocycles. The average Bonchev–Trinajstić information content (AvgIpc) is 2.88. The smallest absolute Gasteiger partial charge is 0.253 e. The topological polar surface area (TPSA) is 58.2 Å². The monoisotopic (exact) mass is 466 g/mol. The molecule has 170 valence electrons. The molecule has 0 saturated heterocycles. The van der Waals surface area contributed by atoms with Crippen molar-refractivity contribution in [3.05, 3.63) is 131 Å². The molecule has 4 aromatic carbocycles. The second-order valence-corrected chi connectivity index (χ2v) is 9.10. The van der Waals surface area contributed by atoms with Crippen molar-refractivity contribution in [1.29, 1.82) is 0 Å². The zero-order valence-electron chi connectivity index (χ0n) is 18.9. The maximum absolute atomic E-state index is 13.4. The SMILES string of the molecule is Cc1ccc(CNC(=O)c2ccccc2NC(=O)C(Sc2ccccc2)c2ccccc2)cc1. The van der Waals surface area contributed by atoms with Crippen LogP contribution in [0.1, 0.15) is 32.3 Å². The molecule has 0 heterocycles. The number of para-hydroxylation sites is 1. The Balaban J connectivity index is 1.51. The van der Waals surface area contributed by atoms with Crippen LogP contribution < -0.4 is 10.6 Å². The molecule has 5 heteroatoms. The van der Waals surface area contributed by atoms with Crippen molar-refractivity contribution in [2.24, 2.45) is 0 Å². The van der Waals surface area contributed by atoms with Gasteiger partial charge in [0.05, 0.1) is 11.3 Å². The molecule has 0 bridgehead atoms. The second kappa shape index (κ2) is 11.3. The van der Waals surface area contributed by atoms with Gasteiger partial charge in [-0.25, -0.2) is 0 Å². The molecule has 0 aliphatic rings. The lowest BCUT2D eigenvalue weighted by Crippen LogP contribution is -2.26. The Morgan fingerprint density at radius 1 is 0.765 bits per heavy atom. The van der Waals surface area contributed by atoms with Crippen molar-refractivity contribution in [2.75, 3.05) is 5.32 Å². The predicted molar refractivity (Wildman–Crippen MR) is 139 cm³/mol. The number of hydrogen-bond acceptors (Lipinski definition) is 3. The second-order valence-electron chi connectivity index (χ2n) is 7.92. The van der Waals surface area contributed by atoms with Gasteiger partial charge in [-0.1, -0.05) is 90.5 Å². The Kier molecular flexibility index (Phi) is 7.79. The molecule has 4 aromatic rings. The lowest BCUT2D eigenvalue weighted by Gasteiger charge is -2.18. The van der Waals surface area contributed by atoms with Crippen LogP contribution in [0, 0.1) is 6.92 Å². The van der Waals surface area contributed by atoms with Gasteiger partial charge < -0.3 is 10.6 Å². The Bertz CT molecular complexity index is 1240. The van der Waals surface area contributed by atoms with E-state index in [9.17, 15) is 9.59 Å². The van der Waals surface area contributed by atoms with Crippen LogP contribution in [0.2, 0.25) is 0 Å². The highest BCUT2D eigenvalue weighted by Gasteiger charge is 2.23. The summed E-state index contributed by atoms with van der Waals surface area (Å²) in [4.78, 5) is 27.4. The summed E-state index contributed by atoms with van der Waals surface area (Å²) < 4.78 is 0. The molecule has 4 rings (SSSR count). The predicted octanol–water partition coefficient (Wildman–Crippen LogP) is 6.40. The molecule has 0 radical (unpaired) electrons. The zero-order valence-corrected chi connectivity index (χ0v) is 19.7. The van der Waals surface area contributed by atoms with E-state index in [0.29, 0.717) is 17.8 Å². The molecule has 34 heavy (non-hydrogen) atoms. The van der Waals surface area contributed by atoms with Crippen LogP contribution in [0.4, 0.5) is 5.69 Å². The van der Waals surface area contributed by atoms with E-state index >= 15 is 0 Å². The van der Waals surface area contributed by atoms with Crippen LogP contribution in [0.5, 0.6) is 0 Å². The molecule has 0 aliphatic carbocycles. The molecule has 0 fully saturated rings. The Morgan fingerprint density at radius 3 is 2.09 bits per heavy atom. The highest BCUT2D eigenvalue weighted by atomic mass is 32.2. The molecular formula is C29H26N2O2S. The van der Waals surface area contributed by atoms with E-state index in [1.807, 2.05) is 97.9 Å². The fraction of sp³-hybridized carbons (Fsp3) is 0.103. The zero-order chi connectivity index (χ0) is 23.8. The number of aryl methyl sites for hydroxylation is 1. The van der Waals surface area contributed by atoms with Gasteiger partial charge in [-0.2, -0.15) is 0 Å². The number of nitrogens with one attached hydrogen (secondary N) is 2. The van der Waals surface area contributed by atoms with Crippen LogP contribution in [0.25, 0.3) is 0 Å². The summed E-state index contributed by atoms with van der Waals surface area (Å²) in [5, 5.41) is 5.48. The third-order valence-electron chi connectivity index (χ3n) is 5.34. The molecule has 0 aromatic heterocycles. The summed E-state index contributed by atoms with van der Waals surface area (Å²) in [6.45, 7) is 2.44. The van der Waals surface area contributed by atoms with Crippen molar-refractivity contribution in [3.63, 3.8) is 0 Å². The van der Waals surface area contributed by atoms with Gasteiger partial charge in [-0.15, -0.1) is 11.8 Å². The van der Waals surface area contributed by atoms with Crippen LogP contribution in [-0.4, -0.2) is 11.8 Å². The van der Waals surface area contributed by atoms with Gasteiger partial charge in [0.15, 0.2) is 0 Å². The first-order chi connectivity index (χ1) is 16.6. The Hall–Kier alpha value is -3.83. The fourth-order valence-electron chi connectivity index (χ4n) is 3.51. The first kappa shape index (κ1) is 23.3. The van der Waals surface area contributed by atoms with E-state index in [-0.39, 0.29) is 11.8 Å². The largest absolute Gasteiger partial charge is 0.348 e. The van der Waals surface area contributed by atoms with Crippen molar-refractivity contribution in [3.8, 4) is 0 Å². The van der Waals surface area contributed by atoms with Crippen LogP contribution in [0.15, 0.2) is 114 Å². The Labute approximate surface area is 204 Å². The lowest BCUT2D eigenvalue weighted by molar-refractivity contribution is -0.115. The lowest BCUT2D eigenvalue weighted by atomic mass is 10.1. The molecule has 0 spiro atoms. The van der Waals surface area contributed by atoms with Gasteiger partial charge in [-0.3, -0.25) is 9.59 Å². The highest BCUT2D eigenvalue weighted by Crippen LogP contribution is 2.36. The van der Waals surface area contributed by atoms with E-state index in [1.54, 1.807) is 18.2 Å². The normalized spacial score (nSPS) is 11.4. The summed E-state index contributed by atoms with van der Waals surface area (Å²) in [6, 6.07) is 34.6. The molecule has 1 unspecified atom stereocenters. The number of benzene rings is 4. The summed E-state index contributed by atoms with van der Waals surface area (Å²) >= 11 is 1.48. The van der Waals surface area contributed by atoms with Crippen molar-refractivity contribution >= 4 is 29.3 Å². The number of anilines is 1. The standard InChI is InChI=1S/C29H26N2O2S/c1-21-16-18-22(19-17-21)20-30-28(32)25-14-8-9-15-26(25)31-29(33)27(23-10-4-2-5-11-23)34-24-12-6-3-7-13-24/h2-19,27H,20H2,1H3,(H,30,32)(H,31,33). The van der Waals surface area contributed by atoms with Gasteiger partial charge >= 0.3 is 0 Å². The minimum Gasteiger partial charge on any atom is -0.348 e. The number of amides is 2. The molecule has 0 saturated carbocycles. The summed E-state index contributed by atoms with van der Waals surface area (Å²) in [6.07, 6.45) is 0. The summed E-state index contributed by atoms with van der Waals surface area (Å²) in [5.74, 6) is -0.415. The Morgan fingerprint density at radius 2 is 1.38 bits per heavy atom. The van der Waals surface area contributed by atoms with Crippen molar-refractivity contribution in [1.82, 2.24) is 5.32 Å². The van der Waals surface area contributed by atoms with Gasteiger partial charge in [0.25, 0.3) is 5.91 Å². The van der Waals surface area contributed by atoms with Crippen LogP contribution in [0.3, 0.4) is 0 Å². The summed E-state index contributed by atoms with van der Waals surface area (Å²) in [5.41, 5.74) is 4.01. The number of rotatable bonds is 8. The van der Waals surface area contributed by atoms with Gasteiger partial charge in [0, 0.05) is 11.4 Å². The minimum absolute atomic E-state index is 0.182. The highest BCUT2D eigenvalue weighted by molar-refractivity contribution is 8.00. The van der Waals surface area contributed by atoms with Gasteiger partial charge in [-0.05, 0) is 42.3 Å². The maximum Gasteiger partial charge on any atom is 0.253 e. The van der Waals surface area contributed by atoms with E-state index in [0.717, 1.165) is 16.0 Å². The third kappa shape index (κ3) is 6.15. The van der Waals surface area contributed by atoms with Gasteiger partial charge in [0.1, 0.15) is 5.25 Å². The van der Waals surface area contributed by atoms with Crippen LogP contribution >= 0.6 is 11.8 Å².